The normalized spacial score (nSPS) is 13.6. The molecule has 28 heavy (non-hydrogen) atoms. The van der Waals surface area contributed by atoms with Gasteiger partial charge in [-0.05, 0) is 60.0 Å². The van der Waals surface area contributed by atoms with E-state index in [9.17, 15) is 9.59 Å². The molecule has 1 aliphatic carbocycles. The number of aromatic nitrogens is 2. The molecular weight excluding hydrogens is 372 g/mol. The van der Waals surface area contributed by atoms with Crippen LogP contribution in [0.15, 0.2) is 9.82 Å². The zero-order valence-electron chi connectivity index (χ0n) is 18.3. The summed E-state index contributed by atoms with van der Waals surface area (Å²) in [5, 5.41) is 0.761. The number of carbonyl (C=O) groups excluding carboxylic acids is 1. The first-order valence-corrected chi connectivity index (χ1v) is 11.6. The second-order valence-electron chi connectivity index (χ2n) is 7.93. The zero-order valence-corrected chi connectivity index (χ0v) is 19.1. The summed E-state index contributed by atoms with van der Waals surface area (Å²) in [7, 11) is 0. The van der Waals surface area contributed by atoms with Gasteiger partial charge in [-0.1, -0.05) is 25.6 Å². The Hall–Kier alpha value is -1.34. The minimum absolute atomic E-state index is 0.106. The molecule has 0 radical (unpaired) electrons. The molecule has 1 aliphatic rings. The number of rotatable bonds is 10. The van der Waals surface area contributed by atoms with Crippen LogP contribution < -0.4 is 5.69 Å². The second kappa shape index (κ2) is 10.4. The summed E-state index contributed by atoms with van der Waals surface area (Å²) in [5.41, 5.74) is 2.14. The number of fused-ring (bicyclic) bond motifs is 1. The average molecular weight is 409 g/mol. The lowest BCUT2D eigenvalue weighted by molar-refractivity contribution is -0.131. The Morgan fingerprint density at radius 1 is 1.14 bits per heavy atom. The molecule has 0 bridgehead atoms. The van der Waals surface area contributed by atoms with Crippen molar-refractivity contribution < 1.29 is 4.79 Å². The molecule has 1 amide bonds. The Morgan fingerprint density at radius 3 is 2.36 bits per heavy atom. The molecule has 0 N–H and O–H groups in total. The predicted octanol–water partition coefficient (Wildman–Crippen LogP) is 2.81. The third kappa shape index (κ3) is 5.38. The molecular formula is C21H36N4O2S. The molecule has 0 unspecified atom stereocenters. The van der Waals surface area contributed by atoms with Crippen LogP contribution in [0.25, 0.3) is 0 Å². The van der Waals surface area contributed by atoms with Crippen LogP contribution in [0.5, 0.6) is 0 Å². The van der Waals surface area contributed by atoms with Gasteiger partial charge in [-0.25, -0.2) is 4.79 Å². The quantitative estimate of drug-likeness (QED) is 0.440. The van der Waals surface area contributed by atoms with Crippen molar-refractivity contribution >= 4 is 17.7 Å². The number of amides is 1. The van der Waals surface area contributed by atoms with Crippen molar-refractivity contribution in [3.05, 3.63) is 21.7 Å². The Labute approximate surface area is 173 Å². The van der Waals surface area contributed by atoms with Gasteiger partial charge in [0.2, 0.25) is 5.91 Å². The summed E-state index contributed by atoms with van der Waals surface area (Å²) >= 11 is 1.43. The predicted molar refractivity (Wildman–Crippen MR) is 116 cm³/mol. The SMILES string of the molecule is CCN(CC)CCn1c2c(c(SCC(=O)N(C(C)C)C(C)C)nc1=O)CCC2. The van der Waals surface area contributed by atoms with Crippen molar-refractivity contribution in [2.45, 2.75) is 84.5 Å². The van der Waals surface area contributed by atoms with Crippen molar-refractivity contribution in [3.8, 4) is 0 Å². The smallest absolute Gasteiger partial charge is 0.337 e. The van der Waals surface area contributed by atoms with Crippen molar-refractivity contribution in [2.75, 3.05) is 25.4 Å². The first kappa shape index (κ1) is 22.9. The molecule has 0 aromatic carbocycles. The number of hydrogen-bond donors (Lipinski definition) is 0. The van der Waals surface area contributed by atoms with Crippen LogP contribution >= 0.6 is 11.8 Å². The highest BCUT2D eigenvalue weighted by molar-refractivity contribution is 7.99. The molecule has 0 spiro atoms. The molecule has 1 aromatic rings. The third-order valence-corrected chi connectivity index (χ3v) is 6.47. The number of nitrogens with zero attached hydrogens (tertiary/aromatic N) is 4. The summed E-state index contributed by atoms with van der Waals surface area (Å²) in [6.45, 7) is 16.0. The molecule has 6 nitrogen and oxygen atoms in total. The van der Waals surface area contributed by atoms with Crippen LogP contribution in [0.2, 0.25) is 0 Å². The first-order chi connectivity index (χ1) is 13.3. The van der Waals surface area contributed by atoms with Gasteiger partial charge in [-0.2, -0.15) is 4.98 Å². The third-order valence-electron chi connectivity index (χ3n) is 5.47. The van der Waals surface area contributed by atoms with Gasteiger partial charge in [0, 0.05) is 36.4 Å². The number of likely N-dealkylation sites (N-methyl/N-ethyl adjacent to an activating group) is 1. The molecule has 0 atom stereocenters. The van der Waals surface area contributed by atoms with Gasteiger partial charge in [0.1, 0.15) is 5.03 Å². The lowest BCUT2D eigenvalue weighted by atomic mass is 10.2. The summed E-state index contributed by atoms with van der Waals surface area (Å²) in [6, 6.07) is 0.333. The molecule has 0 aliphatic heterocycles. The zero-order chi connectivity index (χ0) is 20.8. The minimum atomic E-state index is -0.174. The molecule has 0 saturated carbocycles. The fourth-order valence-corrected chi connectivity index (χ4v) is 5.04. The Morgan fingerprint density at radius 2 is 1.79 bits per heavy atom. The van der Waals surface area contributed by atoms with Crippen molar-refractivity contribution in [2.24, 2.45) is 0 Å². The van der Waals surface area contributed by atoms with E-state index in [4.69, 9.17) is 0 Å². The van der Waals surface area contributed by atoms with Gasteiger partial charge in [0.05, 0.1) is 5.75 Å². The van der Waals surface area contributed by atoms with Crippen LogP contribution in [-0.4, -0.2) is 62.7 Å². The van der Waals surface area contributed by atoms with E-state index in [1.54, 1.807) is 0 Å². The van der Waals surface area contributed by atoms with E-state index in [0.717, 1.165) is 49.6 Å². The molecule has 1 aromatic heterocycles. The second-order valence-corrected chi connectivity index (χ2v) is 8.90. The minimum Gasteiger partial charge on any atom is -0.337 e. The molecule has 7 heteroatoms. The van der Waals surface area contributed by atoms with E-state index in [1.807, 2.05) is 37.2 Å². The average Bonchev–Trinajstić information content (AvgIpc) is 3.11. The van der Waals surface area contributed by atoms with Gasteiger partial charge < -0.3 is 9.80 Å². The van der Waals surface area contributed by atoms with Gasteiger partial charge in [0.25, 0.3) is 0 Å². The lowest BCUT2D eigenvalue weighted by Crippen LogP contribution is -2.43. The molecule has 1 heterocycles. The summed E-state index contributed by atoms with van der Waals surface area (Å²) in [6.07, 6.45) is 2.93. The van der Waals surface area contributed by atoms with E-state index in [-0.39, 0.29) is 23.7 Å². The van der Waals surface area contributed by atoms with E-state index in [0.29, 0.717) is 12.3 Å². The van der Waals surface area contributed by atoms with E-state index >= 15 is 0 Å². The fourth-order valence-electron chi connectivity index (χ4n) is 4.09. The van der Waals surface area contributed by atoms with Gasteiger partial charge in [0.15, 0.2) is 0 Å². The monoisotopic (exact) mass is 408 g/mol. The highest BCUT2D eigenvalue weighted by Crippen LogP contribution is 2.29. The van der Waals surface area contributed by atoms with Crippen molar-refractivity contribution in [1.82, 2.24) is 19.4 Å². The topological polar surface area (TPSA) is 58.4 Å². The Bertz CT molecular complexity index is 718. The number of carbonyl (C=O) groups is 1. The standard InChI is InChI=1S/C21H36N4O2S/c1-7-23(8-2)12-13-24-18-11-9-10-17(18)20(22-21(24)27)28-14-19(26)25(15(3)4)16(5)6/h15-16H,7-14H2,1-6H3. The molecule has 0 fully saturated rings. The van der Waals surface area contributed by atoms with Crippen LogP contribution in [0, 0.1) is 0 Å². The van der Waals surface area contributed by atoms with E-state index in [1.165, 1.54) is 17.3 Å². The van der Waals surface area contributed by atoms with Gasteiger partial charge in [-0.3, -0.25) is 9.36 Å². The van der Waals surface area contributed by atoms with Gasteiger partial charge >= 0.3 is 5.69 Å². The molecule has 0 saturated heterocycles. The lowest BCUT2D eigenvalue weighted by Gasteiger charge is -2.30. The number of thioether (sulfide) groups is 1. The highest BCUT2D eigenvalue weighted by Gasteiger charge is 2.25. The first-order valence-electron chi connectivity index (χ1n) is 10.6. The number of hydrogen-bond acceptors (Lipinski definition) is 5. The maximum atomic E-state index is 12.7. The maximum Gasteiger partial charge on any atom is 0.348 e. The van der Waals surface area contributed by atoms with Crippen molar-refractivity contribution in [3.63, 3.8) is 0 Å². The highest BCUT2D eigenvalue weighted by atomic mass is 32.2. The van der Waals surface area contributed by atoms with Crippen LogP contribution in [-0.2, 0) is 24.2 Å². The summed E-state index contributed by atoms with van der Waals surface area (Å²) in [5.74, 6) is 0.438. The summed E-state index contributed by atoms with van der Waals surface area (Å²) < 4.78 is 1.86. The maximum absolute atomic E-state index is 12.7. The molecule has 158 valence electrons. The van der Waals surface area contributed by atoms with Crippen molar-refractivity contribution in [1.29, 1.82) is 0 Å². The Kier molecular flexibility index (Phi) is 8.56. The van der Waals surface area contributed by atoms with Gasteiger partial charge in [-0.15, -0.1) is 0 Å². The largest absolute Gasteiger partial charge is 0.348 e. The fraction of sp³-hybridized carbons (Fsp3) is 0.762. The summed E-state index contributed by atoms with van der Waals surface area (Å²) in [4.78, 5) is 34.0. The van der Waals surface area contributed by atoms with Crippen LogP contribution in [0.4, 0.5) is 0 Å². The Balaban J connectivity index is 2.17. The van der Waals surface area contributed by atoms with Crippen LogP contribution in [0.1, 0.15) is 59.2 Å². The van der Waals surface area contributed by atoms with E-state index in [2.05, 4.69) is 23.7 Å². The van der Waals surface area contributed by atoms with E-state index < -0.39 is 0 Å². The molecule has 2 rings (SSSR count). The van der Waals surface area contributed by atoms with Crippen LogP contribution in [0.3, 0.4) is 0 Å².